The minimum atomic E-state index is -0.425. The molecule has 0 unspecified atom stereocenters. The Morgan fingerprint density at radius 3 is 2.67 bits per heavy atom. The van der Waals surface area contributed by atoms with Gasteiger partial charge in [-0.3, -0.25) is 4.79 Å². The maximum absolute atomic E-state index is 13.1. The minimum absolute atomic E-state index is 0.0258. The van der Waals surface area contributed by atoms with Crippen molar-refractivity contribution in [1.29, 1.82) is 0 Å². The highest BCUT2D eigenvalue weighted by Crippen LogP contribution is 2.43. The molecule has 8 nitrogen and oxygen atoms in total. The molecule has 136 valence electrons. The van der Waals surface area contributed by atoms with E-state index >= 15 is 0 Å². The van der Waals surface area contributed by atoms with Gasteiger partial charge in [-0.1, -0.05) is 12.1 Å². The maximum Gasteiger partial charge on any atom is 0.219 e. The second kappa shape index (κ2) is 6.01. The van der Waals surface area contributed by atoms with Crippen molar-refractivity contribution in [1.82, 2.24) is 10.3 Å². The normalized spacial score (nSPS) is 21.7. The van der Waals surface area contributed by atoms with E-state index in [1.807, 2.05) is 12.1 Å². The van der Waals surface area contributed by atoms with Crippen LogP contribution in [0, 0.1) is 0 Å². The highest BCUT2D eigenvalue weighted by Gasteiger charge is 2.38. The van der Waals surface area contributed by atoms with Crippen molar-refractivity contribution in [2.24, 2.45) is 0 Å². The number of phenolic OH excluding ortho intramolecular Hbond substituents is 1. The summed E-state index contributed by atoms with van der Waals surface area (Å²) in [5.41, 5.74) is 2.25. The molecule has 2 atom stereocenters. The number of ketones is 1. The number of nitrogens with zero attached hydrogens (tertiary/aromatic N) is 2. The molecule has 2 aliphatic rings. The lowest BCUT2D eigenvalue weighted by molar-refractivity contribution is -0.116. The summed E-state index contributed by atoms with van der Waals surface area (Å²) in [7, 11) is 0. The fourth-order valence-corrected chi connectivity index (χ4v) is 3.74. The molecule has 8 heteroatoms. The van der Waals surface area contributed by atoms with Gasteiger partial charge in [-0.05, 0) is 46.6 Å². The molecule has 3 heterocycles. The Morgan fingerprint density at radius 1 is 1.07 bits per heavy atom. The number of Topliss-reactive ketones (excluding diaryl/α,β-unsaturated/α-hetero) is 1. The van der Waals surface area contributed by atoms with Gasteiger partial charge in [0.15, 0.2) is 5.78 Å². The molecule has 27 heavy (non-hydrogen) atoms. The molecule has 0 spiro atoms. The number of benzene rings is 1. The van der Waals surface area contributed by atoms with Crippen molar-refractivity contribution in [3.63, 3.8) is 0 Å². The average Bonchev–Trinajstić information content (AvgIpc) is 3.31. The Labute approximate surface area is 153 Å². The van der Waals surface area contributed by atoms with Crippen LogP contribution in [0.15, 0.2) is 63.0 Å². The molecular weight excluding hydrogens is 348 g/mol. The Morgan fingerprint density at radius 2 is 1.89 bits per heavy atom. The molecule has 3 N–H and O–H groups in total. The first kappa shape index (κ1) is 15.7. The predicted octanol–water partition coefficient (Wildman–Crippen LogP) is 3.35. The van der Waals surface area contributed by atoms with Crippen molar-refractivity contribution in [3.05, 3.63) is 65.3 Å². The second-order valence-electron chi connectivity index (χ2n) is 6.69. The third-order valence-corrected chi connectivity index (χ3v) is 5.01. The zero-order chi connectivity index (χ0) is 18.4. The lowest BCUT2D eigenvalue weighted by atomic mass is 9.80. The van der Waals surface area contributed by atoms with E-state index in [1.54, 1.807) is 30.5 Å². The zero-order valence-electron chi connectivity index (χ0n) is 14.2. The number of rotatable bonds is 2. The summed E-state index contributed by atoms with van der Waals surface area (Å²) in [6.45, 7) is 0. The van der Waals surface area contributed by atoms with E-state index in [0.717, 1.165) is 17.0 Å². The zero-order valence-corrected chi connectivity index (χ0v) is 14.2. The van der Waals surface area contributed by atoms with Gasteiger partial charge in [-0.15, -0.1) is 0 Å². The molecule has 0 radical (unpaired) electrons. The Balaban J connectivity index is 1.61. The average molecular weight is 364 g/mol. The van der Waals surface area contributed by atoms with Crippen molar-refractivity contribution >= 4 is 17.4 Å². The van der Waals surface area contributed by atoms with Gasteiger partial charge in [0, 0.05) is 23.6 Å². The first-order valence-corrected chi connectivity index (χ1v) is 8.63. The minimum Gasteiger partial charge on any atom is -0.508 e. The van der Waals surface area contributed by atoms with E-state index in [0.29, 0.717) is 30.1 Å². The van der Waals surface area contributed by atoms with Crippen LogP contribution in [0.3, 0.4) is 0 Å². The summed E-state index contributed by atoms with van der Waals surface area (Å²) < 4.78 is 10.4. The highest BCUT2D eigenvalue weighted by atomic mass is 16.6. The number of anilines is 2. The first-order valence-electron chi connectivity index (χ1n) is 8.63. The molecule has 1 aliphatic carbocycles. The number of furan rings is 1. The second-order valence-corrected chi connectivity index (χ2v) is 6.69. The van der Waals surface area contributed by atoms with Gasteiger partial charge in [-0.2, -0.15) is 0 Å². The summed E-state index contributed by atoms with van der Waals surface area (Å²) in [6.07, 6.45) is 2.58. The standard InChI is InChI=1S/C19H16N4O4/c24-12-5-3-10(4-6-12)17-16-13(20-18-19(21-17)23-27-22-18)8-11(9-14(16)25)15-2-1-7-26-15/h1-7,11,17,24H,8-9H2,(H,20,22)(H,21,23)/t11-,17+/m0/s1. The van der Waals surface area contributed by atoms with Crippen LogP contribution in [-0.2, 0) is 4.79 Å². The van der Waals surface area contributed by atoms with Gasteiger partial charge in [0.05, 0.1) is 12.3 Å². The van der Waals surface area contributed by atoms with Gasteiger partial charge < -0.3 is 20.2 Å². The van der Waals surface area contributed by atoms with E-state index in [-0.39, 0.29) is 17.5 Å². The highest BCUT2D eigenvalue weighted by molar-refractivity contribution is 6.00. The van der Waals surface area contributed by atoms with Gasteiger partial charge >= 0.3 is 0 Å². The van der Waals surface area contributed by atoms with Gasteiger partial charge in [-0.25, -0.2) is 4.63 Å². The van der Waals surface area contributed by atoms with Crippen LogP contribution in [0.25, 0.3) is 0 Å². The number of fused-ring (bicyclic) bond motifs is 1. The van der Waals surface area contributed by atoms with E-state index in [4.69, 9.17) is 9.05 Å². The van der Waals surface area contributed by atoms with Crippen LogP contribution >= 0.6 is 0 Å². The van der Waals surface area contributed by atoms with Crippen molar-refractivity contribution < 1.29 is 18.9 Å². The Bertz CT molecular complexity index is 1020. The topological polar surface area (TPSA) is 113 Å². The number of aromatic nitrogens is 2. The van der Waals surface area contributed by atoms with E-state index in [2.05, 4.69) is 20.9 Å². The fourth-order valence-electron chi connectivity index (χ4n) is 3.74. The van der Waals surface area contributed by atoms with Gasteiger partial charge in [0.1, 0.15) is 11.5 Å². The number of aromatic hydroxyl groups is 1. The van der Waals surface area contributed by atoms with Crippen LogP contribution in [0.5, 0.6) is 5.75 Å². The van der Waals surface area contributed by atoms with Crippen LogP contribution in [0.4, 0.5) is 11.6 Å². The number of hydrogen-bond acceptors (Lipinski definition) is 8. The van der Waals surface area contributed by atoms with Gasteiger partial charge in [0.25, 0.3) is 0 Å². The molecule has 0 fully saturated rings. The lowest BCUT2D eigenvalue weighted by Crippen LogP contribution is -2.26. The predicted molar refractivity (Wildman–Crippen MR) is 95.1 cm³/mol. The number of carbonyl (C=O) groups is 1. The third-order valence-electron chi connectivity index (χ3n) is 5.01. The molecule has 1 aromatic carbocycles. The molecule has 5 rings (SSSR count). The van der Waals surface area contributed by atoms with Crippen LogP contribution in [-0.4, -0.2) is 21.2 Å². The summed E-state index contributed by atoms with van der Waals surface area (Å²) in [4.78, 5) is 13.1. The molecule has 0 saturated heterocycles. The maximum atomic E-state index is 13.1. The molecule has 0 saturated carbocycles. The van der Waals surface area contributed by atoms with Gasteiger partial charge in [0.2, 0.25) is 11.6 Å². The number of carbonyl (C=O) groups excluding carboxylic acids is 1. The van der Waals surface area contributed by atoms with E-state index in [9.17, 15) is 9.90 Å². The first-order chi connectivity index (χ1) is 13.2. The molecular formula is C19H16N4O4. The molecule has 0 amide bonds. The number of hydrogen-bond donors (Lipinski definition) is 3. The van der Waals surface area contributed by atoms with Crippen molar-refractivity contribution in [2.45, 2.75) is 24.8 Å². The Hall–Kier alpha value is -3.55. The lowest BCUT2D eigenvalue weighted by Gasteiger charge is -2.28. The molecule has 0 bridgehead atoms. The SMILES string of the molecule is O=C1C[C@@H](c2ccco2)CC2=C1[C@@H](c1ccc(O)cc1)Nc1nonc1N2. The fraction of sp³-hybridized carbons (Fsp3) is 0.211. The smallest absolute Gasteiger partial charge is 0.219 e. The molecule has 1 aliphatic heterocycles. The number of nitrogens with one attached hydrogen (secondary N) is 2. The van der Waals surface area contributed by atoms with Crippen LogP contribution in [0.1, 0.15) is 36.1 Å². The van der Waals surface area contributed by atoms with Crippen LogP contribution < -0.4 is 10.6 Å². The monoisotopic (exact) mass is 364 g/mol. The number of phenols is 1. The summed E-state index contributed by atoms with van der Waals surface area (Å²) in [6, 6.07) is 10.0. The van der Waals surface area contributed by atoms with Crippen molar-refractivity contribution in [2.75, 3.05) is 10.6 Å². The van der Waals surface area contributed by atoms with E-state index in [1.165, 1.54) is 0 Å². The van der Waals surface area contributed by atoms with Crippen LogP contribution in [0.2, 0.25) is 0 Å². The van der Waals surface area contributed by atoms with Crippen molar-refractivity contribution in [3.8, 4) is 5.75 Å². The summed E-state index contributed by atoms with van der Waals surface area (Å²) in [5, 5.41) is 23.8. The Kier molecular flexibility index (Phi) is 3.49. The number of allylic oxidation sites excluding steroid dienone is 1. The molecule has 3 aromatic rings. The van der Waals surface area contributed by atoms with E-state index < -0.39 is 6.04 Å². The third kappa shape index (κ3) is 2.66. The molecule has 2 aromatic heterocycles. The summed E-state index contributed by atoms with van der Waals surface area (Å²) in [5.74, 6) is 1.81. The summed E-state index contributed by atoms with van der Waals surface area (Å²) >= 11 is 0. The quantitative estimate of drug-likeness (QED) is 0.634. The largest absolute Gasteiger partial charge is 0.508 e.